The van der Waals surface area contributed by atoms with E-state index >= 15 is 0 Å². The van der Waals surface area contributed by atoms with Crippen molar-refractivity contribution in [3.63, 3.8) is 0 Å². The molecule has 0 saturated carbocycles. The zero-order valence-electron chi connectivity index (χ0n) is 32.7. The predicted octanol–water partition coefficient (Wildman–Crippen LogP) is 6.14. The van der Waals surface area contributed by atoms with Crippen molar-refractivity contribution in [1.82, 2.24) is 30.2 Å². The third-order valence-electron chi connectivity index (χ3n) is 11.0. The van der Waals surface area contributed by atoms with Gasteiger partial charge in [0.15, 0.2) is 3.55 Å². The largest absolute Gasteiger partial charge is 0.508 e. The number of hydrogen-bond acceptors (Lipinski definition) is 9. The molecule has 3 amide bonds. The SMILES string of the molecule is CCn1c(-c2cccnc2[C@H](C)OC)c2c3cc(ccc31)-c1cc(O)cc(c1)C[C@@](I)(NC(=O)N1CCOCC1)C(=O)N1CCC[C@H](N1)C(=O)OCC(C)(C)C2. The van der Waals surface area contributed by atoms with E-state index < -0.39 is 26.9 Å². The molecule has 3 atom stereocenters. The number of alkyl halides is 1. The number of rotatable bonds is 5. The smallest absolute Gasteiger partial charge is 0.324 e. The Morgan fingerprint density at radius 2 is 1.89 bits per heavy atom. The highest BCUT2D eigenvalue weighted by atomic mass is 127. The molecule has 298 valence electrons. The number of aromatic hydroxyl groups is 1. The number of carbonyl (C=O) groups excluding carboxylic acids is 3. The summed E-state index contributed by atoms with van der Waals surface area (Å²) in [6, 6.07) is 14.5. The Kier molecular flexibility index (Phi) is 11.6. The lowest BCUT2D eigenvalue weighted by Gasteiger charge is -2.39. The summed E-state index contributed by atoms with van der Waals surface area (Å²) in [7, 11) is 1.68. The first-order valence-electron chi connectivity index (χ1n) is 19.4. The highest BCUT2D eigenvalue weighted by molar-refractivity contribution is 14.1. The van der Waals surface area contributed by atoms with Gasteiger partial charge in [0.2, 0.25) is 0 Å². The van der Waals surface area contributed by atoms with Crippen molar-refractivity contribution >= 4 is 51.4 Å². The average Bonchev–Trinajstić information content (AvgIpc) is 3.50. The Morgan fingerprint density at radius 1 is 1.11 bits per heavy atom. The minimum absolute atomic E-state index is 0.0401. The highest BCUT2D eigenvalue weighted by Gasteiger charge is 2.44. The Labute approximate surface area is 341 Å². The van der Waals surface area contributed by atoms with Gasteiger partial charge in [-0.2, -0.15) is 0 Å². The van der Waals surface area contributed by atoms with E-state index in [0.717, 1.165) is 44.5 Å². The molecule has 2 aromatic carbocycles. The minimum Gasteiger partial charge on any atom is -0.508 e. The van der Waals surface area contributed by atoms with E-state index in [0.29, 0.717) is 64.2 Å². The minimum atomic E-state index is -1.48. The number of amides is 3. The van der Waals surface area contributed by atoms with Crippen molar-refractivity contribution in [3.05, 3.63) is 71.5 Å². The second kappa shape index (κ2) is 16.3. The third kappa shape index (κ3) is 8.11. The molecule has 0 radical (unpaired) electrons. The number of hydrazine groups is 1. The van der Waals surface area contributed by atoms with Crippen LogP contribution in [0.5, 0.6) is 5.75 Å². The fourth-order valence-corrected chi connectivity index (χ4v) is 9.06. The molecule has 6 bridgehead atoms. The Bertz CT molecular complexity index is 2130. The predicted molar refractivity (Wildman–Crippen MR) is 221 cm³/mol. The van der Waals surface area contributed by atoms with Crippen molar-refractivity contribution in [3.8, 4) is 28.1 Å². The fourth-order valence-electron chi connectivity index (χ4n) is 8.10. The molecular weight excluding hydrogens is 827 g/mol. The number of benzene rings is 2. The van der Waals surface area contributed by atoms with E-state index in [9.17, 15) is 19.5 Å². The standard InChI is InChI=1S/C42H51IN6O7/c1-6-48-35-12-11-28-22-32(35)33(37(48)31-9-7-13-44-36(31)26(2)54-5)24-41(3,4)25-56-38(51)34-10-8-14-49(46-34)39(52)42(43,23-27-19-29(28)21-30(50)20-27)45-40(53)47-15-17-55-18-16-47/h7,9,11-13,19-22,26,34,46,50H,6,8,10,14-18,23-25H2,1-5H3,(H,45,53)/t26-,34-,42+/m0/s1. The van der Waals surface area contributed by atoms with Crippen molar-refractivity contribution in [2.24, 2.45) is 5.41 Å². The monoisotopic (exact) mass is 878 g/mol. The Balaban J connectivity index is 1.40. The van der Waals surface area contributed by atoms with Crippen molar-refractivity contribution in [2.75, 3.05) is 46.6 Å². The normalized spacial score (nSPS) is 22.4. The van der Waals surface area contributed by atoms with Gasteiger partial charge in [0.05, 0.1) is 37.3 Å². The van der Waals surface area contributed by atoms with Crippen molar-refractivity contribution in [2.45, 2.75) is 75.6 Å². The lowest BCUT2D eigenvalue weighted by molar-refractivity contribution is -0.155. The van der Waals surface area contributed by atoms with Gasteiger partial charge in [0.25, 0.3) is 5.91 Å². The van der Waals surface area contributed by atoms with Crippen LogP contribution in [0.4, 0.5) is 4.79 Å². The maximum atomic E-state index is 14.6. The summed E-state index contributed by atoms with van der Waals surface area (Å²) in [6.45, 7) is 11.1. The van der Waals surface area contributed by atoms with E-state index in [1.807, 2.05) is 47.7 Å². The molecule has 2 aromatic heterocycles. The van der Waals surface area contributed by atoms with E-state index in [2.05, 4.69) is 54.3 Å². The van der Waals surface area contributed by atoms with Gasteiger partial charge >= 0.3 is 12.0 Å². The molecule has 13 nitrogen and oxygen atoms in total. The summed E-state index contributed by atoms with van der Waals surface area (Å²) in [4.78, 5) is 48.4. The third-order valence-corrected chi connectivity index (χ3v) is 12.1. The van der Waals surface area contributed by atoms with Gasteiger partial charge < -0.3 is 34.1 Å². The zero-order valence-corrected chi connectivity index (χ0v) is 34.9. The summed E-state index contributed by atoms with van der Waals surface area (Å²) in [5, 5.41) is 16.7. The lowest BCUT2D eigenvalue weighted by Crippen LogP contribution is -2.65. The lowest BCUT2D eigenvalue weighted by atomic mass is 9.84. The van der Waals surface area contributed by atoms with E-state index in [1.54, 1.807) is 30.3 Å². The first-order valence-corrected chi connectivity index (χ1v) is 20.4. The Hall–Kier alpha value is -4.25. The van der Waals surface area contributed by atoms with Crippen LogP contribution in [0.15, 0.2) is 54.7 Å². The van der Waals surface area contributed by atoms with Crippen molar-refractivity contribution < 1.29 is 33.7 Å². The van der Waals surface area contributed by atoms with Crippen LogP contribution in [0.1, 0.15) is 63.5 Å². The second-order valence-corrected chi connectivity index (χ2v) is 17.6. The molecule has 7 rings (SSSR count). The average molecular weight is 879 g/mol. The number of pyridine rings is 1. The number of methoxy groups -OCH3 is 1. The van der Waals surface area contributed by atoms with Gasteiger partial charge in [-0.1, -0.05) is 26.0 Å². The van der Waals surface area contributed by atoms with Crippen molar-refractivity contribution in [1.29, 1.82) is 0 Å². The molecular formula is C42H51IN6O7. The summed E-state index contributed by atoms with van der Waals surface area (Å²) in [5.41, 5.74) is 9.90. The van der Waals surface area contributed by atoms with Crippen LogP contribution in [0.2, 0.25) is 0 Å². The van der Waals surface area contributed by atoms with Crippen LogP contribution in [-0.4, -0.2) is 98.6 Å². The second-order valence-electron chi connectivity index (χ2n) is 15.7. The number of carbonyl (C=O) groups is 3. The van der Waals surface area contributed by atoms with Gasteiger partial charge in [0, 0.05) is 67.8 Å². The van der Waals surface area contributed by atoms with Crippen LogP contribution in [0.25, 0.3) is 33.3 Å². The van der Waals surface area contributed by atoms with Crippen LogP contribution < -0.4 is 10.7 Å². The number of morpholine rings is 1. The first kappa shape index (κ1) is 40.0. The number of phenolic OH excluding ortho intramolecular Hbond substituents is 1. The number of hydrogen-bond donors (Lipinski definition) is 3. The van der Waals surface area contributed by atoms with Crippen LogP contribution in [-0.2, 0) is 43.2 Å². The van der Waals surface area contributed by atoms with E-state index in [1.165, 1.54) is 5.01 Å². The number of nitrogens with zero attached hydrogens (tertiary/aromatic N) is 4. The number of ether oxygens (including phenoxy) is 3. The summed E-state index contributed by atoms with van der Waals surface area (Å²) >= 11 is 2.02. The maximum Gasteiger partial charge on any atom is 0.324 e. The zero-order chi connectivity index (χ0) is 39.8. The molecule has 3 aliphatic heterocycles. The molecule has 3 aliphatic rings. The molecule has 4 aromatic rings. The molecule has 0 aliphatic carbocycles. The fraction of sp³-hybridized carbons (Fsp3) is 0.476. The summed E-state index contributed by atoms with van der Waals surface area (Å²) in [5.74, 6) is -0.799. The molecule has 2 saturated heterocycles. The molecule has 0 spiro atoms. The quantitative estimate of drug-likeness (QED) is 0.0932. The molecule has 0 unspecified atom stereocenters. The van der Waals surface area contributed by atoms with Gasteiger partial charge in [-0.3, -0.25) is 19.6 Å². The number of aryl methyl sites for hydroxylation is 1. The maximum absolute atomic E-state index is 14.6. The molecule has 14 heteroatoms. The number of fused-ring (bicyclic) bond motifs is 6. The van der Waals surface area contributed by atoms with Gasteiger partial charge in [-0.05, 0) is 114 Å². The van der Waals surface area contributed by atoms with E-state index in [-0.39, 0.29) is 30.9 Å². The number of phenols is 1. The van der Waals surface area contributed by atoms with Gasteiger partial charge in [0.1, 0.15) is 11.8 Å². The number of aromatic nitrogens is 2. The number of urea groups is 1. The van der Waals surface area contributed by atoms with Gasteiger partial charge in [-0.15, -0.1) is 0 Å². The molecule has 56 heavy (non-hydrogen) atoms. The summed E-state index contributed by atoms with van der Waals surface area (Å²) < 4.78 is 18.2. The molecule has 3 N–H and O–H groups in total. The summed E-state index contributed by atoms with van der Waals surface area (Å²) in [6.07, 6.45) is 3.23. The molecule has 2 fully saturated rings. The van der Waals surface area contributed by atoms with Gasteiger partial charge in [-0.25, -0.2) is 10.2 Å². The number of nitrogens with one attached hydrogen (secondary N) is 2. The first-order chi connectivity index (χ1) is 26.8. The number of halogens is 1. The molecule has 5 heterocycles. The topological polar surface area (TPSA) is 147 Å². The highest BCUT2D eigenvalue weighted by Crippen LogP contribution is 2.42. The van der Waals surface area contributed by atoms with Crippen LogP contribution in [0.3, 0.4) is 0 Å². The van der Waals surface area contributed by atoms with Crippen LogP contribution in [0, 0.1) is 5.41 Å². The number of esters is 1. The van der Waals surface area contributed by atoms with E-state index in [4.69, 9.17) is 19.2 Å². The number of cyclic esters (lactones) is 1. The van der Waals surface area contributed by atoms with Crippen LogP contribution >= 0.6 is 22.6 Å². The Morgan fingerprint density at radius 3 is 2.64 bits per heavy atom.